The molecule has 0 aliphatic carbocycles. The van der Waals surface area contributed by atoms with Gasteiger partial charge in [0, 0.05) is 38.3 Å². The Morgan fingerprint density at radius 1 is 1.00 bits per heavy atom. The van der Waals surface area contributed by atoms with Crippen LogP contribution in [0.3, 0.4) is 0 Å². The number of hydrogen-bond acceptors (Lipinski definition) is 3. The van der Waals surface area contributed by atoms with Gasteiger partial charge in [-0.15, -0.1) is 0 Å². The van der Waals surface area contributed by atoms with Gasteiger partial charge in [0.1, 0.15) is 11.6 Å². The fourth-order valence-corrected chi connectivity index (χ4v) is 3.05. The first-order valence-corrected chi connectivity index (χ1v) is 9.14. The number of halogens is 1. The number of ether oxygens (including phenoxy) is 1. The molecule has 4 nitrogen and oxygen atoms in total. The lowest BCUT2D eigenvalue weighted by atomic mass is 10.1. The van der Waals surface area contributed by atoms with E-state index in [1.54, 1.807) is 0 Å². The molecule has 2 aromatic carbocycles. The van der Waals surface area contributed by atoms with Gasteiger partial charge >= 0.3 is 0 Å². The van der Waals surface area contributed by atoms with E-state index in [0.29, 0.717) is 25.3 Å². The summed E-state index contributed by atoms with van der Waals surface area (Å²) in [5.74, 6) is 0.649. The van der Waals surface area contributed by atoms with Crippen LogP contribution in [0.4, 0.5) is 4.39 Å². The van der Waals surface area contributed by atoms with E-state index in [1.807, 2.05) is 41.3 Å². The number of nitrogens with zero attached hydrogens (tertiary/aromatic N) is 2. The smallest absolute Gasteiger partial charge is 0.253 e. The Kier molecular flexibility index (Phi) is 6.23. The van der Waals surface area contributed by atoms with Crippen molar-refractivity contribution in [1.82, 2.24) is 9.80 Å². The molecule has 0 radical (unpaired) electrons. The van der Waals surface area contributed by atoms with Crippen LogP contribution in [-0.4, -0.2) is 48.5 Å². The topological polar surface area (TPSA) is 32.8 Å². The molecule has 1 saturated heterocycles. The van der Waals surface area contributed by atoms with Crippen molar-refractivity contribution in [2.75, 3.05) is 32.8 Å². The van der Waals surface area contributed by atoms with Gasteiger partial charge < -0.3 is 9.64 Å². The van der Waals surface area contributed by atoms with Crippen LogP contribution in [-0.2, 0) is 6.54 Å². The van der Waals surface area contributed by atoms with Crippen LogP contribution in [0.25, 0.3) is 0 Å². The van der Waals surface area contributed by atoms with Crippen molar-refractivity contribution in [2.24, 2.45) is 0 Å². The maximum atomic E-state index is 13.0. The molecule has 0 atom stereocenters. The van der Waals surface area contributed by atoms with Crippen LogP contribution in [0.1, 0.15) is 29.3 Å². The molecule has 1 heterocycles. The Balaban J connectivity index is 1.50. The van der Waals surface area contributed by atoms with E-state index in [1.165, 1.54) is 12.1 Å². The molecular weight excluding hydrogens is 331 g/mol. The van der Waals surface area contributed by atoms with Gasteiger partial charge in [0.25, 0.3) is 5.91 Å². The Labute approximate surface area is 154 Å². The van der Waals surface area contributed by atoms with E-state index in [9.17, 15) is 9.18 Å². The molecule has 26 heavy (non-hydrogen) atoms. The van der Waals surface area contributed by atoms with Gasteiger partial charge in [0.2, 0.25) is 0 Å². The Hall–Kier alpha value is -2.40. The minimum Gasteiger partial charge on any atom is -0.494 e. The molecule has 3 rings (SSSR count). The number of hydrogen-bond donors (Lipinski definition) is 0. The molecule has 138 valence electrons. The predicted octanol–water partition coefficient (Wildman–Crippen LogP) is 3.57. The summed E-state index contributed by atoms with van der Waals surface area (Å²) in [6.45, 7) is 6.58. The molecule has 0 N–H and O–H groups in total. The van der Waals surface area contributed by atoms with Crippen LogP contribution in [0, 0.1) is 5.82 Å². The fourth-order valence-electron chi connectivity index (χ4n) is 3.05. The first-order chi connectivity index (χ1) is 12.7. The molecule has 0 saturated carbocycles. The van der Waals surface area contributed by atoms with E-state index in [2.05, 4.69) is 11.8 Å². The van der Waals surface area contributed by atoms with Gasteiger partial charge in [-0.3, -0.25) is 9.69 Å². The summed E-state index contributed by atoms with van der Waals surface area (Å²) in [6.07, 6.45) is 0.961. The first kappa shape index (κ1) is 18.4. The monoisotopic (exact) mass is 356 g/mol. The highest BCUT2D eigenvalue weighted by molar-refractivity contribution is 5.94. The first-order valence-electron chi connectivity index (χ1n) is 9.14. The second-order valence-electron chi connectivity index (χ2n) is 6.57. The van der Waals surface area contributed by atoms with Crippen molar-refractivity contribution in [1.29, 1.82) is 0 Å². The lowest BCUT2D eigenvalue weighted by Gasteiger charge is -2.34. The lowest BCUT2D eigenvalue weighted by Crippen LogP contribution is -2.48. The van der Waals surface area contributed by atoms with Gasteiger partial charge in [0.15, 0.2) is 0 Å². The van der Waals surface area contributed by atoms with Crippen molar-refractivity contribution in [3.63, 3.8) is 0 Å². The normalized spacial score (nSPS) is 15.1. The molecule has 2 aromatic rings. The van der Waals surface area contributed by atoms with E-state index in [-0.39, 0.29) is 11.7 Å². The Morgan fingerprint density at radius 3 is 2.27 bits per heavy atom. The van der Waals surface area contributed by atoms with E-state index >= 15 is 0 Å². The highest BCUT2D eigenvalue weighted by Crippen LogP contribution is 2.16. The average Bonchev–Trinajstić information content (AvgIpc) is 2.68. The molecule has 1 fully saturated rings. The average molecular weight is 356 g/mol. The summed E-state index contributed by atoms with van der Waals surface area (Å²) >= 11 is 0. The summed E-state index contributed by atoms with van der Waals surface area (Å²) in [7, 11) is 0. The molecule has 0 aromatic heterocycles. The van der Waals surface area contributed by atoms with Crippen LogP contribution in [0.15, 0.2) is 48.5 Å². The van der Waals surface area contributed by atoms with Crippen LogP contribution < -0.4 is 4.74 Å². The van der Waals surface area contributed by atoms with E-state index in [0.717, 1.165) is 37.4 Å². The Morgan fingerprint density at radius 2 is 1.65 bits per heavy atom. The minimum atomic E-state index is -0.213. The highest BCUT2D eigenvalue weighted by Gasteiger charge is 2.22. The molecule has 0 spiro atoms. The van der Waals surface area contributed by atoms with Crippen LogP contribution in [0.5, 0.6) is 5.75 Å². The number of carbonyl (C=O) groups excluding carboxylic acids is 1. The molecule has 0 bridgehead atoms. The van der Waals surface area contributed by atoms with Crippen molar-refractivity contribution < 1.29 is 13.9 Å². The fraction of sp³-hybridized carbons (Fsp3) is 0.381. The van der Waals surface area contributed by atoms with Crippen molar-refractivity contribution in [2.45, 2.75) is 19.9 Å². The van der Waals surface area contributed by atoms with Crippen molar-refractivity contribution in [3.8, 4) is 5.75 Å². The summed E-state index contributed by atoms with van der Waals surface area (Å²) in [4.78, 5) is 16.8. The largest absolute Gasteiger partial charge is 0.494 e. The molecule has 5 heteroatoms. The van der Waals surface area contributed by atoms with Gasteiger partial charge in [-0.25, -0.2) is 4.39 Å². The highest BCUT2D eigenvalue weighted by atomic mass is 19.1. The van der Waals surface area contributed by atoms with E-state index < -0.39 is 0 Å². The number of benzene rings is 2. The predicted molar refractivity (Wildman–Crippen MR) is 99.8 cm³/mol. The van der Waals surface area contributed by atoms with Crippen LogP contribution in [0.2, 0.25) is 0 Å². The lowest BCUT2D eigenvalue weighted by molar-refractivity contribution is 0.0628. The van der Waals surface area contributed by atoms with Gasteiger partial charge in [-0.2, -0.15) is 0 Å². The summed E-state index contributed by atoms with van der Waals surface area (Å²) in [5.41, 5.74) is 1.79. The molecular formula is C21H25FN2O2. The van der Waals surface area contributed by atoms with Crippen LogP contribution >= 0.6 is 0 Å². The third kappa shape index (κ3) is 4.82. The van der Waals surface area contributed by atoms with Gasteiger partial charge in [0.05, 0.1) is 6.61 Å². The summed E-state index contributed by atoms with van der Waals surface area (Å²) in [5, 5.41) is 0. The minimum absolute atomic E-state index is 0.0634. The summed E-state index contributed by atoms with van der Waals surface area (Å²) in [6, 6.07) is 14.0. The van der Waals surface area contributed by atoms with Crippen molar-refractivity contribution in [3.05, 3.63) is 65.5 Å². The van der Waals surface area contributed by atoms with Gasteiger partial charge in [-0.1, -0.05) is 19.1 Å². The number of rotatable bonds is 6. The van der Waals surface area contributed by atoms with E-state index in [4.69, 9.17) is 4.74 Å². The second kappa shape index (κ2) is 8.81. The van der Waals surface area contributed by atoms with Gasteiger partial charge in [-0.05, 0) is 48.4 Å². The number of piperazine rings is 1. The van der Waals surface area contributed by atoms with Crippen molar-refractivity contribution >= 4 is 5.91 Å². The maximum absolute atomic E-state index is 13.0. The SMILES string of the molecule is CCCOc1ccc(C(=O)N2CCN(Cc3ccc(F)cc3)CC2)cc1. The number of amides is 1. The third-order valence-electron chi connectivity index (χ3n) is 4.55. The molecule has 0 unspecified atom stereocenters. The molecule has 1 aliphatic rings. The molecule has 1 amide bonds. The quantitative estimate of drug-likeness (QED) is 0.793. The standard InChI is InChI=1S/C21H25FN2O2/c1-2-15-26-20-9-5-18(6-10-20)21(25)24-13-11-23(12-14-24)16-17-3-7-19(22)8-4-17/h3-10H,2,11-16H2,1H3. The molecule has 1 aliphatic heterocycles. The Bertz CT molecular complexity index is 708. The second-order valence-corrected chi connectivity index (χ2v) is 6.57. The number of carbonyl (C=O) groups is 1. The zero-order chi connectivity index (χ0) is 18.4. The zero-order valence-electron chi connectivity index (χ0n) is 15.2. The zero-order valence-corrected chi connectivity index (χ0v) is 15.2. The maximum Gasteiger partial charge on any atom is 0.253 e. The summed E-state index contributed by atoms with van der Waals surface area (Å²) < 4.78 is 18.5. The third-order valence-corrected chi connectivity index (χ3v) is 4.55.